The van der Waals surface area contributed by atoms with Crippen LogP contribution in [0.5, 0.6) is 0 Å². The molecule has 0 N–H and O–H groups in total. The van der Waals surface area contributed by atoms with Gasteiger partial charge in [0.25, 0.3) is 0 Å². The minimum absolute atomic E-state index is 0.0460. The van der Waals surface area contributed by atoms with Crippen molar-refractivity contribution in [2.75, 3.05) is 26.8 Å². The quantitative estimate of drug-likeness (QED) is 0.472. The fourth-order valence-corrected chi connectivity index (χ4v) is 1.39. The summed E-state index contributed by atoms with van der Waals surface area (Å²) < 4.78 is 9.17. The molecule has 0 aromatic carbocycles. The molecule has 1 fully saturated rings. The third kappa shape index (κ3) is 2.45. The van der Waals surface area contributed by atoms with Gasteiger partial charge < -0.3 is 9.47 Å². The van der Waals surface area contributed by atoms with E-state index in [1.807, 2.05) is 0 Å². The van der Waals surface area contributed by atoms with Gasteiger partial charge in [-0.25, -0.2) is 4.79 Å². The second kappa shape index (κ2) is 4.77. The topological polar surface area (TPSA) is 72.9 Å². The molecular formula is C9H13NO5. The number of nitrogens with zero attached hydrogens (tertiary/aromatic N) is 1. The monoisotopic (exact) mass is 215 g/mol. The lowest BCUT2D eigenvalue weighted by Crippen LogP contribution is -2.30. The second-order valence-electron chi connectivity index (χ2n) is 3.12. The van der Waals surface area contributed by atoms with Gasteiger partial charge in [0.2, 0.25) is 0 Å². The van der Waals surface area contributed by atoms with Crippen LogP contribution in [0, 0.1) is 5.92 Å². The summed E-state index contributed by atoms with van der Waals surface area (Å²) in [4.78, 5) is 34.9. The third-order valence-electron chi connectivity index (χ3n) is 2.15. The molecule has 0 aromatic heterocycles. The fraction of sp³-hybridized carbons (Fsp3) is 0.667. The third-order valence-corrected chi connectivity index (χ3v) is 2.15. The van der Waals surface area contributed by atoms with Gasteiger partial charge in [-0.15, -0.1) is 0 Å². The Bertz CT molecular complexity index is 288. The van der Waals surface area contributed by atoms with Gasteiger partial charge >= 0.3 is 12.1 Å². The number of carbonyl (C=O) groups is 3. The predicted octanol–water partition coefficient (Wildman–Crippen LogP) is -0.183. The average Bonchev–Trinajstić information content (AvgIpc) is 2.60. The van der Waals surface area contributed by atoms with Crippen molar-refractivity contribution in [3.05, 3.63) is 0 Å². The zero-order valence-electron chi connectivity index (χ0n) is 8.69. The highest BCUT2D eigenvalue weighted by Crippen LogP contribution is 2.14. The minimum atomic E-state index is -0.862. The molecule has 15 heavy (non-hydrogen) atoms. The van der Waals surface area contributed by atoms with Crippen LogP contribution in [0.3, 0.4) is 0 Å². The standard InChI is InChI=1S/C9H13NO5/c1-3-15-9(13)10-4-6(7(11)5-10)8(12)14-2/h6H,3-5H2,1-2H3. The first-order valence-corrected chi connectivity index (χ1v) is 4.62. The Morgan fingerprint density at radius 2 is 2.20 bits per heavy atom. The molecule has 1 heterocycles. The number of hydrogen-bond acceptors (Lipinski definition) is 5. The number of ether oxygens (including phenoxy) is 2. The lowest BCUT2D eigenvalue weighted by Gasteiger charge is -2.13. The molecule has 84 valence electrons. The zero-order valence-corrected chi connectivity index (χ0v) is 8.69. The Labute approximate surface area is 87.1 Å². The Balaban J connectivity index is 2.59. The highest BCUT2D eigenvalue weighted by molar-refractivity contribution is 6.03. The van der Waals surface area contributed by atoms with Crippen LogP contribution in [-0.2, 0) is 19.1 Å². The molecule has 6 nitrogen and oxygen atoms in total. The molecule has 0 aliphatic carbocycles. The molecule has 0 spiro atoms. The van der Waals surface area contributed by atoms with Crippen molar-refractivity contribution in [2.24, 2.45) is 5.92 Å². The van der Waals surface area contributed by atoms with E-state index in [4.69, 9.17) is 4.74 Å². The van der Waals surface area contributed by atoms with Crippen LogP contribution < -0.4 is 0 Å². The van der Waals surface area contributed by atoms with E-state index >= 15 is 0 Å². The summed E-state index contributed by atoms with van der Waals surface area (Å²) in [6.07, 6.45) is -0.572. The predicted molar refractivity (Wildman–Crippen MR) is 49.1 cm³/mol. The number of rotatable bonds is 2. The fourth-order valence-electron chi connectivity index (χ4n) is 1.39. The Morgan fingerprint density at radius 1 is 1.53 bits per heavy atom. The molecular weight excluding hydrogens is 202 g/mol. The highest BCUT2D eigenvalue weighted by Gasteiger charge is 2.39. The van der Waals surface area contributed by atoms with Crippen LogP contribution in [0.15, 0.2) is 0 Å². The maximum Gasteiger partial charge on any atom is 0.410 e. The van der Waals surface area contributed by atoms with Gasteiger partial charge in [0.05, 0.1) is 20.3 Å². The van der Waals surface area contributed by atoms with E-state index in [2.05, 4.69) is 4.74 Å². The normalized spacial score (nSPS) is 20.3. The average molecular weight is 215 g/mol. The number of methoxy groups -OCH3 is 1. The van der Waals surface area contributed by atoms with Crippen LogP contribution in [-0.4, -0.2) is 49.6 Å². The van der Waals surface area contributed by atoms with E-state index in [0.29, 0.717) is 0 Å². The maximum atomic E-state index is 11.3. The molecule has 0 radical (unpaired) electrons. The van der Waals surface area contributed by atoms with Crippen LogP contribution in [0.1, 0.15) is 6.92 Å². The maximum absolute atomic E-state index is 11.3. The summed E-state index contributed by atoms with van der Waals surface area (Å²) in [6, 6.07) is 0. The largest absolute Gasteiger partial charge is 0.468 e. The lowest BCUT2D eigenvalue weighted by atomic mass is 10.1. The Morgan fingerprint density at radius 3 is 2.73 bits per heavy atom. The SMILES string of the molecule is CCOC(=O)N1CC(=O)C(C(=O)OC)C1. The van der Waals surface area contributed by atoms with Gasteiger partial charge in [-0.05, 0) is 6.92 Å². The van der Waals surface area contributed by atoms with E-state index in [9.17, 15) is 14.4 Å². The number of ketones is 1. The van der Waals surface area contributed by atoms with E-state index in [1.54, 1.807) is 6.92 Å². The van der Waals surface area contributed by atoms with Crippen molar-refractivity contribution in [1.29, 1.82) is 0 Å². The van der Waals surface area contributed by atoms with Crippen molar-refractivity contribution >= 4 is 17.8 Å². The lowest BCUT2D eigenvalue weighted by molar-refractivity contribution is -0.147. The van der Waals surface area contributed by atoms with E-state index in [-0.39, 0.29) is 25.5 Å². The highest BCUT2D eigenvalue weighted by atomic mass is 16.6. The smallest absolute Gasteiger partial charge is 0.410 e. The minimum Gasteiger partial charge on any atom is -0.468 e. The number of hydrogen-bond donors (Lipinski definition) is 0. The Hall–Kier alpha value is -1.59. The number of esters is 1. The van der Waals surface area contributed by atoms with Gasteiger partial charge in [0, 0.05) is 6.54 Å². The van der Waals surface area contributed by atoms with E-state index in [1.165, 1.54) is 12.0 Å². The van der Waals surface area contributed by atoms with Gasteiger partial charge in [0.1, 0.15) is 5.92 Å². The summed E-state index contributed by atoms with van der Waals surface area (Å²) in [6.45, 7) is 1.88. The first kappa shape index (κ1) is 11.5. The number of likely N-dealkylation sites (tertiary alicyclic amines) is 1. The van der Waals surface area contributed by atoms with Crippen LogP contribution in [0.2, 0.25) is 0 Å². The van der Waals surface area contributed by atoms with Gasteiger partial charge in [-0.3, -0.25) is 14.5 Å². The summed E-state index contributed by atoms with van der Waals surface area (Å²) in [5.41, 5.74) is 0. The van der Waals surface area contributed by atoms with Crippen molar-refractivity contribution in [3.8, 4) is 0 Å². The van der Waals surface area contributed by atoms with E-state index in [0.717, 1.165) is 0 Å². The molecule has 1 amide bonds. The summed E-state index contributed by atoms with van der Waals surface area (Å²) in [5.74, 6) is -1.78. The molecule has 1 aliphatic rings. The number of Topliss-reactive ketones (excluding diaryl/α,β-unsaturated/α-hetero) is 1. The molecule has 6 heteroatoms. The molecule has 1 atom stereocenters. The van der Waals surface area contributed by atoms with E-state index < -0.39 is 18.0 Å². The molecule has 0 aromatic rings. The van der Waals surface area contributed by atoms with Gasteiger partial charge in [-0.2, -0.15) is 0 Å². The number of amides is 1. The number of carbonyl (C=O) groups excluding carboxylic acids is 3. The van der Waals surface area contributed by atoms with Crippen LogP contribution >= 0.6 is 0 Å². The van der Waals surface area contributed by atoms with Crippen molar-refractivity contribution in [3.63, 3.8) is 0 Å². The van der Waals surface area contributed by atoms with Crippen LogP contribution in [0.4, 0.5) is 4.79 Å². The molecule has 0 saturated carbocycles. The molecule has 1 unspecified atom stereocenters. The molecule has 0 bridgehead atoms. The first-order chi connectivity index (χ1) is 7.10. The summed E-state index contributed by atoms with van der Waals surface area (Å²) >= 11 is 0. The summed E-state index contributed by atoms with van der Waals surface area (Å²) in [7, 11) is 1.21. The first-order valence-electron chi connectivity index (χ1n) is 4.62. The van der Waals surface area contributed by atoms with Crippen molar-refractivity contribution in [1.82, 2.24) is 4.90 Å². The van der Waals surface area contributed by atoms with Gasteiger partial charge in [-0.1, -0.05) is 0 Å². The zero-order chi connectivity index (χ0) is 11.4. The van der Waals surface area contributed by atoms with Crippen LogP contribution in [0.25, 0.3) is 0 Å². The van der Waals surface area contributed by atoms with Gasteiger partial charge in [0.15, 0.2) is 5.78 Å². The van der Waals surface area contributed by atoms with Crippen molar-refractivity contribution < 1.29 is 23.9 Å². The molecule has 1 rings (SSSR count). The Kier molecular flexibility index (Phi) is 3.65. The molecule has 1 saturated heterocycles. The summed E-state index contributed by atoms with van der Waals surface area (Å²) in [5, 5.41) is 0. The molecule has 1 aliphatic heterocycles. The second-order valence-corrected chi connectivity index (χ2v) is 3.12. The van der Waals surface area contributed by atoms with Crippen molar-refractivity contribution in [2.45, 2.75) is 6.92 Å².